The molecule has 0 aromatic rings. The van der Waals surface area contributed by atoms with Gasteiger partial charge in [-0.2, -0.15) is 0 Å². The van der Waals surface area contributed by atoms with Crippen molar-refractivity contribution in [1.29, 1.82) is 0 Å². The molecule has 0 aromatic carbocycles. The number of ether oxygens (including phenoxy) is 1. The first-order valence-corrected chi connectivity index (χ1v) is 7.75. The number of hydrogen-bond acceptors (Lipinski definition) is 3. The van der Waals surface area contributed by atoms with Gasteiger partial charge in [0.25, 0.3) is 0 Å². The van der Waals surface area contributed by atoms with Crippen molar-refractivity contribution in [2.45, 2.75) is 77.1 Å². The molecule has 2 saturated carbocycles. The summed E-state index contributed by atoms with van der Waals surface area (Å²) in [4.78, 5) is 0. The molecular weight excluding hydrogens is 240 g/mol. The van der Waals surface area contributed by atoms with Gasteiger partial charge < -0.3 is 14.9 Å². The fourth-order valence-electron chi connectivity index (χ4n) is 5.19. The van der Waals surface area contributed by atoms with E-state index in [4.69, 9.17) is 4.74 Å². The van der Waals surface area contributed by atoms with E-state index in [1.165, 1.54) is 6.42 Å². The summed E-state index contributed by atoms with van der Waals surface area (Å²) in [5, 5.41) is 20.7. The second-order valence-corrected chi connectivity index (χ2v) is 7.97. The number of rotatable bonds is 2. The first kappa shape index (κ1) is 13.8. The van der Waals surface area contributed by atoms with Crippen molar-refractivity contribution in [3.63, 3.8) is 0 Å². The number of aliphatic hydroxyl groups is 2. The van der Waals surface area contributed by atoms with Gasteiger partial charge in [0.1, 0.15) is 5.60 Å². The molecule has 2 aliphatic carbocycles. The van der Waals surface area contributed by atoms with Gasteiger partial charge in [0.15, 0.2) is 0 Å². The minimum Gasteiger partial charge on any atom is -0.396 e. The van der Waals surface area contributed by atoms with Crippen LogP contribution in [0.15, 0.2) is 0 Å². The van der Waals surface area contributed by atoms with Crippen molar-refractivity contribution >= 4 is 0 Å². The van der Waals surface area contributed by atoms with E-state index in [1.807, 2.05) is 6.92 Å². The third-order valence-corrected chi connectivity index (χ3v) is 7.03. The van der Waals surface area contributed by atoms with Crippen molar-refractivity contribution in [2.75, 3.05) is 6.61 Å². The van der Waals surface area contributed by atoms with Crippen molar-refractivity contribution in [3.8, 4) is 0 Å². The van der Waals surface area contributed by atoms with E-state index in [2.05, 4.69) is 20.8 Å². The Bertz CT molecular complexity index is 397. The molecule has 1 heterocycles. The molecule has 0 aromatic heterocycles. The average Bonchev–Trinajstić information content (AvgIpc) is 3.02. The maximum absolute atomic E-state index is 11.1. The molecule has 0 amide bonds. The largest absolute Gasteiger partial charge is 0.396 e. The van der Waals surface area contributed by atoms with Gasteiger partial charge in [0.2, 0.25) is 0 Å². The fraction of sp³-hybridized carbons (Fsp3) is 1.00. The van der Waals surface area contributed by atoms with Gasteiger partial charge in [-0.1, -0.05) is 20.8 Å². The lowest BCUT2D eigenvalue weighted by molar-refractivity contribution is -0.150. The van der Waals surface area contributed by atoms with E-state index >= 15 is 0 Å². The van der Waals surface area contributed by atoms with E-state index in [0.29, 0.717) is 0 Å². The van der Waals surface area contributed by atoms with E-state index in [0.717, 1.165) is 25.7 Å². The first-order valence-electron chi connectivity index (χ1n) is 7.75. The molecule has 1 saturated heterocycles. The highest BCUT2D eigenvalue weighted by Crippen LogP contribution is 2.73. The lowest BCUT2D eigenvalue weighted by atomic mass is 9.48. The molecule has 3 rings (SSSR count). The highest BCUT2D eigenvalue weighted by molar-refractivity contribution is 5.30. The summed E-state index contributed by atoms with van der Waals surface area (Å²) >= 11 is 0. The minimum absolute atomic E-state index is 0.105. The van der Waals surface area contributed by atoms with Crippen LogP contribution in [0.1, 0.15) is 59.8 Å². The third-order valence-electron chi connectivity index (χ3n) is 7.03. The second kappa shape index (κ2) is 3.75. The smallest absolute Gasteiger partial charge is 0.129 e. The Morgan fingerprint density at radius 3 is 2.47 bits per heavy atom. The van der Waals surface area contributed by atoms with Crippen LogP contribution in [0.2, 0.25) is 0 Å². The zero-order valence-corrected chi connectivity index (χ0v) is 12.7. The summed E-state index contributed by atoms with van der Waals surface area (Å²) in [5.41, 5.74) is -0.636. The van der Waals surface area contributed by atoms with Crippen molar-refractivity contribution in [2.24, 2.45) is 16.7 Å². The highest BCUT2D eigenvalue weighted by Gasteiger charge is 2.82. The maximum Gasteiger partial charge on any atom is 0.129 e. The summed E-state index contributed by atoms with van der Waals surface area (Å²) in [6, 6.07) is 0. The molecule has 2 N–H and O–H groups in total. The molecule has 0 bridgehead atoms. The summed E-state index contributed by atoms with van der Waals surface area (Å²) in [7, 11) is 0. The van der Waals surface area contributed by atoms with Crippen LogP contribution < -0.4 is 0 Å². The molecule has 19 heavy (non-hydrogen) atoms. The molecule has 110 valence electrons. The van der Waals surface area contributed by atoms with Gasteiger partial charge >= 0.3 is 0 Å². The minimum atomic E-state index is -0.466. The summed E-state index contributed by atoms with van der Waals surface area (Å²) in [6.45, 7) is 8.78. The SMILES string of the molecule is C[C@@H](CO)C1(C)CC[C@@]2(C)CCCC3(C)OC32[C@@H]1O. The van der Waals surface area contributed by atoms with Gasteiger partial charge in [-0.3, -0.25) is 0 Å². The van der Waals surface area contributed by atoms with Gasteiger partial charge in [-0.15, -0.1) is 0 Å². The lowest BCUT2D eigenvalue weighted by Crippen LogP contribution is -2.63. The fourth-order valence-corrected chi connectivity index (χ4v) is 5.19. The first-order chi connectivity index (χ1) is 8.76. The van der Waals surface area contributed by atoms with Crippen molar-refractivity contribution in [3.05, 3.63) is 0 Å². The molecule has 0 radical (unpaired) electrons. The normalized spacial score (nSPS) is 58.1. The van der Waals surface area contributed by atoms with Crippen LogP contribution >= 0.6 is 0 Å². The predicted octanol–water partition coefficient (Wildman–Crippen LogP) is 2.49. The zero-order valence-electron chi connectivity index (χ0n) is 12.7. The van der Waals surface area contributed by atoms with Crippen LogP contribution in [-0.2, 0) is 4.74 Å². The van der Waals surface area contributed by atoms with Crippen LogP contribution in [0.5, 0.6) is 0 Å². The lowest BCUT2D eigenvalue weighted by Gasteiger charge is -2.56. The van der Waals surface area contributed by atoms with Crippen LogP contribution in [-0.4, -0.2) is 34.1 Å². The highest BCUT2D eigenvalue weighted by atomic mass is 16.6. The molecule has 6 atom stereocenters. The molecule has 3 fully saturated rings. The van der Waals surface area contributed by atoms with E-state index in [1.54, 1.807) is 0 Å². The Morgan fingerprint density at radius 2 is 1.84 bits per heavy atom. The van der Waals surface area contributed by atoms with Gasteiger partial charge in [-0.25, -0.2) is 0 Å². The molecule has 1 aliphatic heterocycles. The standard InChI is InChI=1S/C16H28O3/c1-11(10-17)14(3)9-8-13(2)6-5-7-15(4)16(13,19-15)12(14)18/h11-12,17-18H,5-10H2,1-4H3/t11-,12+,13+,14?,15?,16?/m0/s1. The third kappa shape index (κ3) is 1.39. The van der Waals surface area contributed by atoms with Crippen molar-refractivity contribution in [1.82, 2.24) is 0 Å². The molecular formula is C16H28O3. The Labute approximate surface area is 116 Å². The van der Waals surface area contributed by atoms with E-state index in [-0.39, 0.29) is 34.6 Å². The number of aliphatic hydroxyl groups excluding tert-OH is 2. The van der Waals surface area contributed by atoms with Gasteiger partial charge in [-0.05, 0) is 44.9 Å². The molecule has 3 nitrogen and oxygen atoms in total. The molecule has 3 heteroatoms. The van der Waals surface area contributed by atoms with Gasteiger partial charge in [0, 0.05) is 17.4 Å². The van der Waals surface area contributed by atoms with E-state index < -0.39 is 6.10 Å². The number of epoxide rings is 1. The van der Waals surface area contributed by atoms with Crippen LogP contribution in [0.4, 0.5) is 0 Å². The maximum atomic E-state index is 11.1. The predicted molar refractivity (Wildman–Crippen MR) is 73.8 cm³/mol. The van der Waals surface area contributed by atoms with E-state index in [9.17, 15) is 10.2 Å². The van der Waals surface area contributed by atoms with Crippen LogP contribution in [0, 0.1) is 16.7 Å². The topological polar surface area (TPSA) is 53.0 Å². The van der Waals surface area contributed by atoms with Crippen LogP contribution in [0.25, 0.3) is 0 Å². The Morgan fingerprint density at radius 1 is 1.16 bits per heavy atom. The summed E-state index contributed by atoms with van der Waals surface area (Å²) in [5.74, 6) is 0.108. The number of hydrogen-bond donors (Lipinski definition) is 2. The molecule has 3 unspecified atom stereocenters. The Kier molecular flexibility index (Phi) is 2.73. The van der Waals surface area contributed by atoms with Crippen LogP contribution in [0.3, 0.4) is 0 Å². The summed E-state index contributed by atoms with van der Waals surface area (Å²) in [6.07, 6.45) is 5.03. The summed E-state index contributed by atoms with van der Waals surface area (Å²) < 4.78 is 6.23. The van der Waals surface area contributed by atoms with Crippen molar-refractivity contribution < 1.29 is 14.9 Å². The molecule has 1 spiro atoms. The van der Waals surface area contributed by atoms with Gasteiger partial charge in [0.05, 0.1) is 11.7 Å². The second-order valence-electron chi connectivity index (χ2n) is 7.97. The Balaban J connectivity index is 2.00. The molecule has 3 aliphatic rings. The Hall–Kier alpha value is -0.120. The monoisotopic (exact) mass is 268 g/mol. The quantitative estimate of drug-likeness (QED) is 0.757. The average molecular weight is 268 g/mol. The zero-order chi connectivity index (χ0) is 14.1.